The fraction of sp³-hybridized carbons (Fsp3) is 1.00. The largest absolute Gasteiger partial charge is 0.376 e. The molecule has 2 rings (SSSR count). The van der Waals surface area contributed by atoms with Crippen molar-refractivity contribution in [1.29, 1.82) is 0 Å². The van der Waals surface area contributed by atoms with E-state index in [0.29, 0.717) is 6.04 Å². The lowest BCUT2D eigenvalue weighted by atomic mass is 9.92. The predicted molar refractivity (Wildman–Crippen MR) is 57.4 cm³/mol. The number of ether oxygens (including phenoxy) is 1. The Kier molecular flexibility index (Phi) is 2.82. The molecule has 2 aliphatic rings. The molecule has 2 fully saturated rings. The molecule has 0 spiro atoms. The summed E-state index contributed by atoms with van der Waals surface area (Å²) >= 11 is 0. The molecule has 0 amide bonds. The Bertz CT molecular complexity index is 201. The number of hydrogen-bond acceptors (Lipinski definition) is 3. The molecule has 2 saturated heterocycles. The number of rotatable bonds is 3. The zero-order valence-corrected chi connectivity index (χ0v) is 9.55. The first kappa shape index (κ1) is 10.4. The second kappa shape index (κ2) is 3.80. The lowest BCUT2D eigenvalue weighted by molar-refractivity contribution is -0.115. The molecule has 2 atom stereocenters. The summed E-state index contributed by atoms with van der Waals surface area (Å²) in [6.45, 7) is 9.14. The minimum Gasteiger partial charge on any atom is -0.376 e. The summed E-state index contributed by atoms with van der Waals surface area (Å²) in [6.07, 6.45) is 1.33. The van der Waals surface area contributed by atoms with Crippen molar-refractivity contribution in [2.24, 2.45) is 5.92 Å². The van der Waals surface area contributed by atoms with Gasteiger partial charge in [-0.1, -0.05) is 0 Å². The molecule has 2 unspecified atom stereocenters. The Labute approximate surface area is 86.8 Å². The van der Waals surface area contributed by atoms with Gasteiger partial charge in [-0.05, 0) is 32.7 Å². The highest BCUT2D eigenvalue weighted by atomic mass is 16.5. The fourth-order valence-corrected chi connectivity index (χ4v) is 2.65. The van der Waals surface area contributed by atoms with Gasteiger partial charge >= 0.3 is 0 Å². The molecule has 0 bridgehead atoms. The first-order valence-corrected chi connectivity index (χ1v) is 5.64. The van der Waals surface area contributed by atoms with Crippen molar-refractivity contribution in [3.05, 3.63) is 0 Å². The molecule has 0 aliphatic carbocycles. The summed E-state index contributed by atoms with van der Waals surface area (Å²) in [4.78, 5) is 2.51. The normalized spacial score (nSPS) is 37.1. The average molecular weight is 198 g/mol. The van der Waals surface area contributed by atoms with Gasteiger partial charge in [0.2, 0.25) is 0 Å². The van der Waals surface area contributed by atoms with E-state index in [0.717, 1.165) is 19.0 Å². The summed E-state index contributed by atoms with van der Waals surface area (Å²) in [7, 11) is 1.82. The first-order valence-electron chi connectivity index (χ1n) is 5.64. The van der Waals surface area contributed by atoms with E-state index in [1.165, 1.54) is 19.5 Å². The zero-order chi connectivity index (χ0) is 10.2. The molecule has 0 aromatic heterocycles. The topological polar surface area (TPSA) is 24.5 Å². The van der Waals surface area contributed by atoms with Gasteiger partial charge in [-0.25, -0.2) is 0 Å². The molecular formula is C11H22N2O. The van der Waals surface area contributed by atoms with E-state index in [4.69, 9.17) is 4.74 Å². The van der Waals surface area contributed by atoms with Gasteiger partial charge in [0.05, 0.1) is 5.60 Å². The Morgan fingerprint density at radius 1 is 1.50 bits per heavy atom. The average Bonchev–Trinajstić information content (AvgIpc) is 2.49. The summed E-state index contributed by atoms with van der Waals surface area (Å²) in [6, 6.07) is 0.699. The van der Waals surface area contributed by atoms with E-state index in [2.05, 4.69) is 24.1 Å². The van der Waals surface area contributed by atoms with Crippen LogP contribution in [0.25, 0.3) is 0 Å². The van der Waals surface area contributed by atoms with Crippen molar-refractivity contribution in [1.82, 2.24) is 10.2 Å². The smallest absolute Gasteiger partial charge is 0.0903 e. The Morgan fingerprint density at radius 3 is 2.71 bits per heavy atom. The molecular weight excluding hydrogens is 176 g/mol. The molecule has 82 valence electrons. The van der Waals surface area contributed by atoms with Gasteiger partial charge in [0.15, 0.2) is 0 Å². The fourth-order valence-electron chi connectivity index (χ4n) is 2.65. The van der Waals surface area contributed by atoms with Crippen LogP contribution in [0.5, 0.6) is 0 Å². The van der Waals surface area contributed by atoms with Crippen LogP contribution in [0.4, 0.5) is 0 Å². The van der Waals surface area contributed by atoms with Crippen molar-refractivity contribution in [2.75, 3.05) is 33.3 Å². The van der Waals surface area contributed by atoms with Crippen molar-refractivity contribution >= 4 is 0 Å². The number of nitrogens with zero attached hydrogens (tertiary/aromatic N) is 1. The molecule has 0 aromatic rings. The third-order valence-electron chi connectivity index (χ3n) is 3.79. The van der Waals surface area contributed by atoms with Crippen LogP contribution in [0, 0.1) is 5.92 Å². The van der Waals surface area contributed by atoms with Crippen molar-refractivity contribution < 1.29 is 4.74 Å². The maximum Gasteiger partial charge on any atom is 0.0903 e. The summed E-state index contributed by atoms with van der Waals surface area (Å²) in [5.41, 5.74) is 0.134. The minimum absolute atomic E-state index is 0.134. The van der Waals surface area contributed by atoms with Crippen LogP contribution in [0.1, 0.15) is 20.3 Å². The first-order chi connectivity index (χ1) is 6.63. The summed E-state index contributed by atoms with van der Waals surface area (Å²) < 4.78 is 5.44. The highest BCUT2D eigenvalue weighted by Gasteiger charge is 2.40. The van der Waals surface area contributed by atoms with Gasteiger partial charge in [-0.3, -0.25) is 4.90 Å². The molecule has 3 nitrogen and oxygen atoms in total. The van der Waals surface area contributed by atoms with Crippen molar-refractivity contribution in [3.63, 3.8) is 0 Å². The molecule has 2 heterocycles. The zero-order valence-electron chi connectivity index (χ0n) is 9.55. The SMILES string of the molecule is COC1(C)CN(CC2CCNC2C)C1. The van der Waals surface area contributed by atoms with Crippen LogP contribution in [-0.2, 0) is 4.74 Å². The van der Waals surface area contributed by atoms with E-state index < -0.39 is 0 Å². The maximum absolute atomic E-state index is 5.44. The number of hydrogen-bond donors (Lipinski definition) is 1. The number of nitrogens with one attached hydrogen (secondary N) is 1. The monoisotopic (exact) mass is 198 g/mol. The van der Waals surface area contributed by atoms with Crippen molar-refractivity contribution in [2.45, 2.75) is 31.9 Å². The highest BCUT2D eigenvalue weighted by Crippen LogP contribution is 2.26. The summed E-state index contributed by atoms with van der Waals surface area (Å²) in [5, 5.41) is 3.50. The molecule has 2 aliphatic heterocycles. The van der Waals surface area contributed by atoms with Crippen LogP contribution in [0.3, 0.4) is 0 Å². The van der Waals surface area contributed by atoms with Crippen LogP contribution < -0.4 is 5.32 Å². The van der Waals surface area contributed by atoms with E-state index in [1.807, 2.05) is 7.11 Å². The van der Waals surface area contributed by atoms with E-state index in [-0.39, 0.29) is 5.60 Å². The molecule has 1 N–H and O–H groups in total. The standard InChI is InChI=1S/C11H22N2O/c1-9-10(4-5-12-9)6-13-7-11(2,8-13)14-3/h9-10,12H,4-8H2,1-3H3. The lowest BCUT2D eigenvalue weighted by Crippen LogP contribution is -2.62. The second-order valence-electron chi connectivity index (χ2n) is 5.12. The molecule has 14 heavy (non-hydrogen) atoms. The van der Waals surface area contributed by atoms with Crippen LogP contribution in [-0.4, -0.2) is 49.8 Å². The van der Waals surface area contributed by atoms with Gasteiger partial charge in [0.1, 0.15) is 0 Å². The van der Waals surface area contributed by atoms with Gasteiger partial charge in [-0.15, -0.1) is 0 Å². The minimum atomic E-state index is 0.134. The molecule has 0 aromatic carbocycles. The highest BCUT2D eigenvalue weighted by molar-refractivity contribution is 4.95. The van der Waals surface area contributed by atoms with E-state index in [1.54, 1.807) is 0 Å². The summed E-state index contributed by atoms with van der Waals surface area (Å²) in [5.74, 6) is 0.844. The quantitative estimate of drug-likeness (QED) is 0.722. The Morgan fingerprint density at radius 2 is 2.21 bits per heavy atom. The van der Waals surface area contributed by atoms with Gasteiger partial charge in [-0.2, -0.15) is 0 Å². The number of likely N-dealkylation sites (tertiary alicyclic amines) is 1. The second-order valence-corrected chi connectivity index (χ2v) is 5.12. The third kappa shape index (κ3) is 1.95. The third-order valence-corrected chi connectivity index (χ3v) is 3.79. The van der Waals surface area contributed by atoms with Crippen LogP contribution in [0.2, 0.25) is 0 Å². The van der Waals surface area contributed by atoms with Gasteiger partial charge in [0, 0.05) is 32.8 Å². The van der Waals surface area contributed by atoms with Crippen LogP contribution in [0.15, 0.2) is 0 Å². The van der Waals surface area contributed by atoms with Crippen LogP contribution >= 0.6 is 0 Å². The Hall–Kier alpha value is -0.120. The van der Waals surface area contributed by atoms with E-state index in [9.17, 15) is 0 Å². The van der Waals surface area contributed by atoms with E-state index >= 15 is 0 Å². The molecule has 0 saturated carbocycles. The van der Waals surface area contributed by atoms with Gasteiger partial charge in [0.25, 0.3) is 0 Å². The van der Waals surface area contributed by atoms with Crippen molar-refractivity contribution in [3.8, 4) is 0 Å². The predicted octanol–water partition coefficient (Wildman–Crippen LogP) is 0.705. The number of methoxy groups -OCH3 is 1. The van der Waals surface area contributed by atoms with Gasteiger partial charge < -0.3 is 10.1 Å². The molecule has 3 heteroatoms. The maximum atomic E-state index is 5.44. The molecule has 0 radical (unpaired) electrons. The Balaban J connectivity index is 1.73. The lowest BCUT2D eigenvalue weighted by Gasteiger charge is -2.48.